The highest BCUT2D eigenvalue weighted by Crippen LogP contribution is 2.32. The van der Waals surface area contributed by atoms with Crippen molar-refractivity contribution in [3.8, 4) is 0 Å². The summed E-state index contributed by atoms with van der Waals surface area (Å²) < 4.78 is 5.06. The lowest BCUT2D eigenvalue weighted by Gasteiger charge is -2.12. The number of hydrogen-bond donors (Lipinski definition) is 1. The molecule has 0 unspecified atom stereocenters. The summed E-state index contributed by atoms with van der Waals surface area (Å²) in [5.74, 6) is 0.492. The largest absolute Gasteiger partial charge is 0.383 e. The van der Waals surface area contributed by atoms with Crippen LogP contribution in [0.4, 0.5) is 5.13 Å². The van der Waals surface area contributed by atoms with Gasteiger partial charge in [0.2, 0.25) is 0 Å². The van der Waals surface area contributed by atoms with Crippen molar-refractivity contribution in [3.63, 3.8) is 0 Å². The summed E-state index contributed by atoms with van der Waals surface area (Å²) in [6.07, 6.45) is 2.61. The van der Waals surface area contributed by atoms with Crippen LogP contribution in [0.1, 0.15) is 43.2 Å². The third kappa shape index (κ3) is 3.91. The van der Waals surface area contributed by atoms with E-state index in [9.17, 15) is 0 Å². The van der Waals surface area contributed by atoms with Gasteiger partial charge in [0.15, 0.2) is 5.13 Å². The van der Waals surface area contributed by atoms with E-state index in [4.69, 9.17) is 9.72 Å². The Balaban J connectivity index is 2.02. The third-order valence-corrected chi connectivity index (χ3v) is 4.54. The van der Waals surface area contributed by atoms with Gasteiger partial charge in [0.1, 0.15) is 0 Å². The molecule has 0 amide bonds. The van der Waals surface area contributed by atoms with E-state index >= 15 is 0 Å². The third-order valence-electron chi connectivity index (χ3n) is 3.41. The molecule has 0 spiro atoms. The van der Waals surface area contributed by atoms with Gasteiger partial charge in [-0.3, -0.25) is 0 Å². The molecule has 0 aromatic carbocycles. The number of rotatable bonds is 7. The number of methoxy groups -OCH3 is 1. The molecule has 0 bridgehead atoms. The van der Waals surface area contributed by atoms with Crippen molar-refractivity contribution in [3.05, 3.63) is 10.6 Å². The summed E-state index contributed by atoms with van der Waals surface area (Å²) in [5.41, 5.74) is 1.26. The quantitative estimate of drug-likeness (QED) is 0.781. The lowest BCUT2D eigenvalue weighted by Crippen LogP contribution is -2.18. The van der Waals surface area contributed by atoms with E-state index in [2.05, 4.69) is 24.1 Å². The minimum Gasteiger partial charge on any atom is -0.383 e. The molecule has 108 valence electrons. The molecule has 0 radical (unpaired) electrons. The Morgan fingerprint density at radius 2 is 2.11 bits per heavy atom. The zero-order valence-corrected chi connectivity index (χ0v) is 13.1. The molecule has 0 aliphatic carbocycles. The molecular formula is C14H25N3OS. The maximum atomic E-state index is 5.06. The predicted octanol–water partition coefficient (Wildman–Crippen LogP) is 2.60. The van der Waals surface area contributed by atoms with Gasteiger partial charge in [0.05, 0.1) is 12.3 Å². The van der Waals surface area contributed by atoms with Gasteiger partial charge in [-0.2, -0.15) is 0 Å². The molecule has 1 aromatic heterocycles. The van der Waals surface area contributed by atoms with Crippen LogP contribution in [-0.2, 0) is 11.3 Å². The lowest BCUT2D eigenvalue weighted by molar-refractivity contribution is 0.199. The zero-order chi connectivity index (χ0) is 13.7. The normalized spacial score (nSPS) is 15.7. The molecule has 1 aliphatic heterocycles. The molecule has 1 aromatic rings. The lowest BCUT2D eigenvalue weighted by atomic mass is 10.1. The van der Waals surface area contributed by atoms with Crippen molar-refractivity contribution in [2.75, 3.05) is 38.3 Å². The number of nitrogens with zero attached hydrogens (tertiary/aromatic N) is 2. The van der Waals surface area contributed by atoms with Crippen molar-refractivity contribution in [2.45, 2.75) is 39.2 Å². The summed E-state index contributed by atoms with van der Waals surface area (Å²) >= 11 is 1.85. The van der Waals surface area contributed by atoms with E-state index < -0.39 is 0 Å². The number of ether oxygens (including phenoxy) is 1. The monoisotopic (exact) mass is 283 g/mol. The van der Waals surface area contributed by atoms with Crippen molar-refractivity contribution >= 4 is 16.5 Å². The second-order valence-electron chi connectivity index (χ2n) is 5.32. The number of anilines is 1. The maximum absolute atomic E-state index is 5.06. The Hall–Kier alpha value is -0.650. The Bertz CT molecular complexity index is 386. The van der Waals surface area contributed by atoms with Crippen molar-refractivity contribution in [2.24, 2.45) is 0 Å². The molecular weight excluding hydrogens is 258 g/mol. The fourth-order valence-electron chi connectivity index (χ4n) is 2.35. The van der Waals surface area contributed by atoms with Crippen LogP contribution in [0, 0.1) is 0 Å². The number of nitrogens with one attached hydrogen (secondary N) is 1. The first-order chi connectivity index (χ1) is 9.22. The summed E-state index contributed by atoms with van der Waals surface area (Å²) in [6, 6.07) is 0. The molecule has 0 atom stereocenters. The highest BCUT2D eigenvalue weighted by molar-refractivity contribution is 7.15. The molecule has 1 aliphatic rings. The number of thiazole rings is 1. The molecule has 1 N–H and O–H groups in total. The van der Waals surface area contributed by atoms with Crippen LogP contribution in [0.2, 0.25) is 0 Å². The van der Waals surface area contributed by atoms with Crippen LogP contribution < -0.4 is 10.2 Å². The van der Waals surface area contributed by atoms with Gasteiger partial charge in [-0.1, -0.05) is 13.8 Å². The molecule has 1 fully saturated rings. The molecule has 19 heavy (non-hydrogen) atoms. The average Bonchev–Trinajstić information content (AvgIpc) is 3.03. The molecule has 0 saturated carbocycles. The second-order valence-corrected chi connectivity index (χ2v) is 6.39. The standard InChI is InChI=1S/C14H25N3OS/c1-11(2)13-12(10-15-6-9-18-3)19-14(16-13)17-7-4-5-8-17/h11,15H,4-10H2,1-3H3. The maximum Gasteiger partial charge on any atom is 0.185 e. The van der Waals surface area contributed by atoms with E-state index in [0.717, 1.165) is 19.7 Å². The Morgan fingerprint density at radius 3 is 2.74 bits per heavy atom. The van der Waals surface area contributed by atoms with Gasteiger partial charge < -0.3 is 15.0 Å². The first-order valence-electron chi connectivity index (χ1n) is 7.16. The van der Waals surface area contributed by atoms with E-state index in [1.807, 2.05) is 11.3 Å². The van der Waals surface area contributed by atoms with Crippen LogP contribution in [0.15, 0.2) is 0 Å². The predicted molar refractivity (Wildman–Crippen MR) is 81.2 cm³/mol. The number of hydrogen-bond acceptors (Lipinski definition) is 5. The summed E-state index contributed by atoms with van der Waals surface area (Å²) in [7, 11) is 1.74. The van der Waals surface area contributed by atoms with Gasteiger partial charge in [-0.15, -0.1) is 11.3 Å². The minimum atomic E-state index is 0.492. The molecule has 1 saturated heterocycles. The molecule has 5 heteroatoms. The van der Waals surface area contributed by atoms with Crippen molar-refractivity contribution in [1.82, 2.24) is 10.3 Å². The molecule has 2 rings (SSSR count). The van der Waals surface area contributed by atoms with Crippen molar-refractivity contribution < 1.29 is 4.74 Å². The van der Waals surface area contributed by atoms with E-state index in [1.165, 1.54) is 41.6 Å². The molecule has 2 heterocycles. The Morgan fingerprint density at radius 1 is 1.37 bits per heavy atom. The van der Waals surface area contributed by atoms with Crippen LogP contribution >= 0.6 is 11.3 Å². The van der Waals surface area contributed by atoms with E-state index in [1.54, 1.807) is 7.11 Å². The summed E-state index contributed by atoms with van der Waals surface area (Å²) in [4.78, 5) is 8.67. The number of aromatic nitrogens is 1. The summed E-state index contributed by atoms with van der Waals surface area (Å²) in [6.45, 7) is 9.34. The Kier molecular flexibility index (Phi) is 5.60. The van der Waals surface area contributed by atoms with Gasteiger partial charge in [-0.25, -0.2) is 4.98 Å². The van der Waals surface area contributed by atoms with Crippen LogP contribution in [0.5, 0.6) is 0 Å². The van der Waals surface area contributed by atoms with Gasteiger partial charge in [0, 0.05) is 38.2 Å². The van der Waals surface area contributed by atoms with Gasteiger partial charge >= 0.3 is 0 Å². The topological polar surface area (TPSA) is 37.4 Å². The zero-order valence-electron chi connectivity index (χ0n) is 12.2. The highest BCUT2D eigenvalue weighted by Gasteiger charge is 2.20. The Labute approximate surface area is 120 Å². The van der Waals surface area contributed by atoms with Crippen LogP contribution in [-0.4, -0.2) is 38.3 Å². The van der Waals surface area contributed by atoms with Crippen LogP contribution in [0.3, 0.4) is 0 Å². The first kappa shape index (κ1) is 14.8. The van der Waals surface area contributed by atoms with E-state index in [-0.39, 0.29) is 0 Å². The second kappa shape index (κ2) is 7.22. The van der Waals surface area contributed by atoms with Crippen molar-refractivity contribution in [1.29, 1.82) is 0 Å². The molecule has 4 nitrogen and oxygen atoms in total. The van der Waals surface area contributed by atoms with Gasteiger partial charge in [0.25, 0.3) is 0 Å². The van der Waals surface area contributed by atoms with Gasteiger partial charge in [-0.05, 0) is 18.8 Å². The highest BCUT2D eigenvalue weighted by atomic mass is 32.1. The van der Waals surface area contributed by atoms with E-state index in [0.29, 0.717) is 5.92 Å². The average molecular weight is 283 g/mol. The fraction of sp³-hybridized carbons (Fsp3) is 0.786. The van der Waals surface area contributed by atoms with Crippen LogP contribution in [0.25, 0.3) is 0 Å². The first-order valence-corrected chi connectivity index (χ1v) is 7.98. The summed E-state index contributed by atoms with van der Waals surface area (Å²) in [5, 5.41) is 4.64. The smallest absolute Gasteiger partial charge is 0.185 e. The minimum absolute atomic E-state index is 0.492. The SMILES string of the molecule is COCCNCc1sc(N2CCCC2)nc1C(C)C. The fourth-order valence-corrected chi connectivity index (χ4v) is 3.58.